The molecule has 4 heteroatoms. The predicted octanol–water partition coefficient (Wildman–Crippen LogP) is 4.59. The molecular formula is C20H29N3O. The number of aromatic amines is 1. The van der Waals surface area contributed by atoms with Crippen LogP contribution in [-0.4, -0.2) is 15.9 Å². The number of fused-ring (bicyclic) bond motifs is 1. The smallest absolute Gasteiger partial charge is 0.223 e. The summed E-state index contributed by atoms with van der Waals surface area (Å²) in [5.74, 6) is 1.88. The first kappa shape index (κ1) is 17.0. The Hall–Kier alpha value is -1.84. The first-order valence-corrected chi connectivity index (χ1v) is 9.09. The zero-order valence-electron chi connectivity index (χ0n) is 15.2. The largest absolute Gasteiger partial charge is 0.346 e. The predicted molar refractivity (Wildman–Crippen MR) is 97.6 cm³/mol. The van der Waals surface area contributed by atoms with Crippen LogP contribution in [-0.2, 0) is 4.79 Å². The van der Waals surface area contributed by atoms with E-state index in [1.54, 1.807) is 0 Å². The minimum atomic E-state index is -0.0924. The lowest BCUT2D eigenvalue weighted by atomic mass is 9.69. The van der Waals surface area contributed by atoms with E-state index in [2.05, 4.69) is 36.1 Å². The number of carbonyl (C=O) groups excluding carboxylic acids is 1. The van der Waals surface area contributed by atoms with Gasteiger partial charge in [0.15, 0.2) is 0 Å². The van der Waals surface area contributed by atoms with Gasteiger partial charge >= 0.3 is 0 Å². The molecule has 130 valence electrons. The molecule has 0 radical (unpaired) electrons. The lowest BCUT2D eigenvalue weighted by Gasteiger charge is -2.36. The fourth-order valence-corrected chi connectivity index (χ4v) is 3.80. The maximum atomic E-state index is 12.6. The van der Waals surface area contributed by atoms with Gasteiger partial charge in [0.1, 0.15) is 5.82 Å². The summed E-state index contributed by atoms with van der Waals surface area (Å²) in [6.45, 7) is 8.92. The molecule has 24 heavy (non-hydrogen) atoms. The van der Waals surface area contributed by atoms with Crippen molar-refractivity contribution in [2.75, 3.05) is 0 Å². The van der Waals surface area contributed by atoms with Gasteiger partial charge < -0.3 is 10.3 Å². The third kappa shape index (κ3) is 3.63. The van der Waals surface area contributed by atoms with Crippen molar-refractivity contribution >= 4 is 16.9 Å². The number of aromatic nitrogens is 2. The summed E-state index contributed by atoms with van der Waals surface area (Å²) >= 11 is 0. The van der Waals surface area contributed by atoms with Gasteiger partial charge in [-0.15, -0.1) is 0 Å². The number of H-pyrrole nitrogens is 1. The molecule has 1 aliphatic carbocycles. The molecule has 4 nitrogen and oxygen atoms in total. The highest BCUT2D eigenvalue weighted by Gasteiger charge is 2.32. The van der Waals surface area contributed by atoms with Crippen LogP contribution in [0.3, 0.4) is 0 Å². The monoisotopic (exact) mass is 327 g/mol. The summed E-state index contributed by atoms with van der Waals surface area (Å²) in [5.41, 5.74) is 2.31. The molecule has 1 aliphatic rings. The van der Waals surface area contributed by atoms with E-state index in [1.165, 1.54) is 0 Å². The summed E-state index contributed by atoms with van der Waals surface area (Å²) in [6, 6.07) is 7.86. The number of imidazole rings is 1. The van der Waals surface area contributed by atoms with Crippen molar-refractivity contribution in [3.05, 3.63) is 30.1 Å². The van der Waals surface area contributed by atoms with Crippen LogP contribution < -0.4 is 5.32 Å². The molecule has 0 spiro atoms. The molecule has 1 heterocycles. The average Bonchev–Trinajstić information content (AvgIpc) is 2.98. The van der Waals surface area contributed by atoms with Crippen LogP contribution in [0.25, 0.3) is 11.0 Å². The second-order valence-corrected chi connectivity index (χ2v) is 8.28. The van der Waals surface area contributed by atoms with Crippen molar-refractivity contribution in [2.24, 2.45) is 17.3 Å². The van der Waals surface area contributed by atoms with Crippen molar-refractivity contribution < 1.29 is 4.79 Å². The molecule has 0 bridgehead atoms. The van der Waals surface area contributed by atoms with Crippen LogP contribution in [0.1, 0.15) is 65.2 Å². The van der Waals surface area contributed by atoms with E-state index in [0.29, 0.717) is 5.41 Å². The Morgan fingerprint density at radius 3 is 2.50 bits per heavy atom. The first-order valence-electron chi connectivity index (χ1n) is 9.09. The number of rotatable bonds is 3. The van der Waals surface area contributed by atoms with Gasteiger partial charge in [0, 0.05) is 5.92 Å². The molecular weight excluding hydrogens is 298 g/mol. The summed E-state index contributed by atoms with van der Waals surface area (Å²) in [7, 11) is 0. The molecule has 2 N–H and O–H groups in total. The second kappa shape index (κ2) is 6.58. The Morgan fingerprint density at radius 1 is 1.21 bits per heavy atom. The van der Waals surface area contributed by atoms with Crippen molar-refractivity contribution in [3.8, 4) is 0 Å². The topological polar surface area (TPSA) is 57.8 Å². The number of nitrogens with one attached hydrogen (secondary N) is 2. The second-order valence-electron chi connectivity index (χ2n) is 8.28. The van der Waals surface area contributed by atoms with Crippen LogP contribution in [0.15, 0.2) is 24.3 Å². The van der Waals surface area contributed by atoms with E-state index >= 15 is 0 Å². The Labute approximate surface area is 144 Å². The SMILES string of the molecule is CC(NC(=O)C1CCC(C(C)(C)C)CC1)c1nc2ccccc2[nH]1. The Bertz CT molecular complexity index is 672. The number of nitrogens with zero attached hydrogens (tertiary/aromatic N) is 1. The first-order chi connectivity index (χ1) is 11.3. The molecule has 1 fully saturated rings. The van der Waals surface area contributed by atoms with Crippen molar-refractivity contribution in [1.82, 2.24) is 15.3 Å². The van der Waals surface area contributed by atoms with Crippen LogP contribution in [0, 0.1) is 17.3 Å². The zero-order chi connectivity index (χ0) is 17.3. The third-order valence-electron chi connectivity index (χ3n) is 5.50. The molecule has 0 saturated heterocycles. The standard InChI is InChI=1S/C20H29N3O/c1-13(18-22-16-7-5-6-8-17(16)23-18)21-19(24)14-9-11-15(12-10-14)20(2,3)4/h5-8,13-15H,9-12H2,1-4H3,(H,21,24)(H,22,23). The summed E-state index contributed by atoms with van der Waals surface area (Å²) in [5, 5.41) is 3.15. The molecule has 3 rings (SSSR count). The van der Waals surface area contributed by atoms with E-state index in [4.69, 9.17) is 0 Å². The fraction of sp³-hybridized carbons (Fsp3) is 0.600. The van der Waals surface area contributed by atoms with Crippen molar-refractivity contribution in [3.63, 3.8) is 0 Å². The summed E-state index contributed by atoms with van der Waals surface area (Å²) in [6.07, 6.45) is 4.31. The van der Waals surface area contributed by atoms with E-state index in [9.17, 15) is 4.79 Å². The van der Waals surface area contributed by atoms with Gasteiger partial charge in [0.25, 0.3) is 0 Å². The van der Waals surface area contributed by atoms with Gasteiger partial charge in [-0.25, -0.2) is 4.98 Å². The molecule has 1 aromatic carbocycles. The summed E-state index contributed by atoms with van der Waals surface area (Å²) < 4.78 is 0. The Morgan fingerprint density at radius 2 is 1.88 bits per heavy atom. The molecule has 1 atom stereocenters. The maximum absolute atomic E-state index is 12.6. The number of hydrogen-bond donors (Lipinski definition) is 2. The number of carbonyl (C=O) groups is 1. The maximum Gasteiger partial charge on any atom is 0.223 e. The minimum absolute atomic E-state index is 0.0924. The normalized spacial score (nSPS) is 23.2. The van der Waals surface area contributed by atoms with Gasteiger partial charge in [-0.2, -0.15) is 0 Å². The van der Waals surface area contributed by atoms with Crippen molar-refractivity contribution in [2.45, 2.75) is 59.4 Å². The molecule has 2 aromatic rings. The van der Waals surface area contributed by atoms with E-state index < -0.39 is 0 Å². The highest BCUT2D eigenvalue weighted by atomic mass is 16.1. The van der Waals surface area contributed by atoms with Crippen molar-refractivity contribution in [1.29, 1.82) is 0 Å². The van der Waals surface area contributed by atoms with Gasteiger partial charge in [0.2, 0.25) is 5.91 Å². The minimum Gasteiger partial charge on any atom is -0.346 e. The number of benzene rings is 1. The molecule has 1 saturated carbocycles. The molecule has 1 aromatic heterocycles. The van der Waals surface area contributed by atoms with Crippen LogP contribution >= 0.6 is 0 Å². The lowest BCUT2D eigenvalue weighted by Crippen LogP contribution is -2.36. The third-order valence-corrected chi connectivity index (χ3v) is 5.50. The van der Waals surface area contributed by atoms with E-state index in [1.807, 2.05) is 31.2 Å². The number of amides is 1. The van der Waals surface area contributed by atoms with Crippen LogP contribution in [0.4, 0.5) is 0 Å². The van der Waals surface area contributed by atoms with Crippen LogP contribution in [0.5, 0.6) is 0 Å². The van der Waals surface area contributed by atoms with E-state index in [-0.39, 0.29) is 17.9 Å². The van der Waals surface area contributed by atoms with Crippen LogP contribution in [0.2, 0.25) is 0 Å². The summed E-state index contributed by atoms with van der Waals surface area (Å²) in [4.78, 5) is 20.5. The van der Waals surface area contributed by atoms with Gasteiger partial charge in [-0.3, -0.25) is 4.79 Å². The van der Waals surface area contributed by atoms with Gasteiger partial charge in [0.05, 0.1) is 17.1 Å². The lowest BCUT2D eigenvalue weighted by molar-refractivity contribution is -0.127. The quantitative estimate of drug-likeness (QED) is 0.866. The molecule has 1 amide bonds. The zero-order valence-corrected chi connectivity index (χ0v) is 15.2. The number of para-hydroxylation sites is 2. The van der Waals surface area contributed by atoms with Gasteiger partial charge in [-0.1, -0.05) is 32.9 Å². The fourth-order valence-electron chi connectivity index (χ4n) is 3.80. The number of hydrogen-bond acceptors (Lipinski definition) is 2. The Kier molecular flexibility index (Phi) is 4.66. The molecule has 0 aliphatic heterocycles. The molecule has 1 unspecified atom stereocenters. The van der Waals surface area contributed by atoms with E-state index in [0.717, 1.165) is 48.5 Å². The van der Waals surface area contributed by atoms with Gasteiger partial charge in [-0.05, 0) is 56.1 Å². The highest BCUT2D eigenvalue weighted by Crippen LogP contribution is 2.39. The average molecular weight is 327 g/mol. The Balaban J connectivity index is 1.58. The highest BCUT2D eigenvalue weighted by molar-refractivity contribution is 5.79.